The SMILES string of the molecule is CCOc1ccccc1C(=O)NCCc1cc2c(OC)ccc(OC)c2[nH]c1=O. The maximum Gasteiger partial charge on any atom is 0.255 e. The van der Waals surface area contributed by atoms with Crippen molar-refractivity contribution in [1.82, 2.24) is 10.3 Å². The Labute approximate surface area is 168 Å². The number of H-pyrrole nitrogens is 1. The van der Waals surface area contributed by atoms with Crippen molar-refractivity contribution < 1.29 is 19.0 Å². The fourth-order valence-corrected chi connectivity index (χ4v) is 3.16. The van der Waals surface area contributed by atoms with Crippen LogP contribution in [0, 0.1) is 0 Å². The lowest BCUT2D eigenvalue weighted by molar-refractivity contribution is 0.0950. The average molecular weight is 396 g/mol. The van der Waals surface area contributed by atoms with Gasteiger partial charge in [0.05, 0.1) is 31.9 Å². The molecule has 2 N–H and O–H groups in total. The average Bonchev–Trinajstić information content (AvgIpc) is 2.74. The second-order valence-corrected chi connectivity index (χ2v) is 6.32. The number of fused-ring (bicyclic) bond motifs is 1. The first-order valence-corrected chi connectivity index (χ1v) is 9.36. The summed E-state index contributed by atoms with van der Waals surface area (Å²) in [7, 11) is 3.12. The van der Waals surface area contributed by atoms with Gasteiger partial charge in [0.25, 0.3) is 11.5 Å². The molecule has 1 aromatic heterocycles. The van der Waals surface area contributed by atoms with E-state index < -0.39 is 0 Å². The number of benzene rings is 2. The minimum absolute atomic E-state index is 0.229. The van der Waals surface area contributed by atoms with Crippen LogP contribution >= 0.6 is 0 Å². The van der Waals surface area contributed by atoms with E-state index in [0.717, 1.165) is 5.39 Å². The Morgan fingerprint density at radius 3 is 2.48 bits per heavy atom. The van der Waals surface area contributed by atoms with Gasteiger partial charge in [-0.15, -0.1) is 0 Å². The van der Waals surface area contributed by atoms with E-state index in [1.165, 1.54) is 0 Å². The lowest BCUT2D eigenvalue weighted by Crippen LogP contribution is -2.28. The van der Waals surface area contributed by atoms with Crippen molar-refractivity contribution in [3.63, 3.8) is 0 Å². The Kier molecular flexibility index (Phi) is 6.39. The molecule has 7 nitrogen and oxygen atoms in total. The lowest BCUT2D eigenvalue weighted by atomic mass is 10.1. The van der Waals surface area contributed by atoms with Crippen LogP contribution in [0.25, 0.3) is 10.9 Å². The third-order valence-corrected chi connectivity index (χ3v) is 4.57. The maximum absolute atomic E-state index is 12.5. The van der Waals surface area contributed by atoms with Gasteiger partial charge < -0.3 is 24.5 Å². The van der Waals surface area contributed by atoms with Gasteiger partial charge in [-0.25, -0.2) is 0 Å². The van der Waals surface area contributed by atoms with E-state index >= 15 is 0 Å². The minimum atomic E-state index is -0.245. The number of ether oxygens (including phenoxy) is 3. The summed E-state index contributed by atoms with van der Waals surface area (Å²) in [5, 5.41) is 3.59. The molecule has 29 heavy (non-hydrogen) atoms. The van der Waals surface area contributed by atoms with Crippen LogP contribution in [0.15, 0.2) is 47.3 Å². The van der Waals surface area contributed by atoms with Crippen LogP contribution in [0.1, 0.15) is 22.8 Å². The quantitative estimate of drug-likeness (QED) is 0.611. The first-order chi connectivity index (χ1) is 14.1. The van der Waals surface area contributed by atoms with E-state index in [1.807, 2.05) is 13.0 Å². The molecule has 0 saturated carbocycles. The Bertz CT molecular complexity index is 1070. The number of aromatic amines is 1. The number of para-hydroxylation sites is 1. The summed E-state index contributed by atoms with van der Waals surface area (Å²) >= 11 is 0. The van der Waals surface area contributed by atoms with E-state index in [1.54, 1.807) is 50.6 Å². The Morgan fingerprint density at radius 2 is 1.76 bits per heavy atom. The van der Waals surface area contributed by atoms with E-state index in [-0.39, 0.29) is 11.5 Å². The van der Waals surface area contributed by atoms with Gasteiger partial charge >= 0.3 is 0 Å². The molecule has 0 spiro atoms. The van der Waals surface area contributed by atoms with Gasteiger partial charge in [-0.2, -0.15) is 0 Å². The van der Waals surface area contributed by atoms with Crippen molar-refractivity contribution >= 4 is 16.8 Å². The molecule has 0 radical (unpaired) electrons. The van der Waals surface area contributed by atoms with Crippen LogP contribution in [0.3, 0.4) is 0 Å². The van der Waals surface area contributed by atoms with Crippen LogP contribution in [0.2, 0.25) is 0 Å². The lowest BCUT2D eigenvalue weighted by Gasteiger charge is -2.12. The van der Waals surface area contributed by atoms with Crippen LogP contribution in [-0.2, 0) is 6.42 Å². The number of aromatic nitrogens is 1. The summed E-state index contributed by atoms with van der Waals surface area (Å²) in [4.78, 5) is 27.9. The number of pyridine rings is 1. The van der Waals surface area contributed by atoms with Crippen LogP contribution < -0.4 is 25.1 Å². The first kappa shape index (κ1) is 20.3. The standard InChI is InChI=1S/C22H24N2O5/c1-4-29-18-8-6-5-7-15(18)22(26)23-12-11-14-13-16-17(27-2)9-10-19(28-3)20(16)24-21(14)25/h5-10,13H,4,11-12H2,1-3H3,(H,23,26)(H,24,25). The van der Waals surface area contributed by atoms with Crippen molar-refractivity contribution in [2.75, 3.05) is 27.4 Å². The molecule has 3 rings (SSSR count). The topological polar surface area (TPSA) is 89.7 Å². The third-order valence-electron chi connectivity index (χ3n) is 4.57. The molecule has 0 aliphatic heterocycles. The summed E-state index contributed by atoms with van der Waals surface area (Å²) < 4.78 is 16.2. The highest BCUT2D eigenvalue weighted by Crippen LogP contribution is 2.31. The predicted molar refractivity (Wildman–Crippen MR) is 111 cm³/mol. The van der Waals surface area contributed by atoms with Gasteiger partial charge in [0.1, 0.15) is 17.2 Å². The molecule has 0 atom stereocenters. The number of amides is 1. The molecule has 1 heterocycles. The van der Waals surface area contributed by atoms with Gasteiger partial charge in [-0.3, -0.25) is 9.59 Å². The second kappa shape index (κ2) is 9.14. The zero-order valence-electron chi connectivity index (χ0n) is 16.7. The fourth-order valence-electron chi connectivity index (χ4n) is 3.16. The predicted octanol–water partition coefficient (Wildman–Crippen LogP) is 2.92. The summed E-state index contributed by atoms with van der Waals surface area (Å²) in [5.41, 5.74) is 1.36. The highest BCUT2D eigenvalue weighted by atomic mass is 16.5. The Hall–Kier alpha value is -3.48. The van der Waals surface area contributed by atoms with Gasteiger partial charge in [-0.1, -0.05) is 12.1 Å². The number of carbonyl (C=O) groups is 1. The number of rotatable bonds is 8. The van der Waals surface area contributed by atoms with Crippen molar-refractivity contribution in [1.29, 1.82) is 0 Å². The van der Waals surface area contributed by atoms with Crippen molar-refractivity contribution in [2.24, 2.45) is 0 Å². The molecule has 152 valence electrons. The molecule has 0 aliphatic carbocycles. The highest BCUT2D eigenvalue weighted by Gasteiger charge is 2.14. The fraction of sp³-hybridized carbons (Fsp3) is 0.273. The molecule has 7 heteroatoms. The number of carbonyl (C=O) groups excluding carboxylic acids is 1. The highest BCUT2D eigenvalue weighted by molar-refractivity contribution is 5.97. The van der Waals surface area contributed by atoms with Gasteiger partial charge in [0.2, 0.25) is 0 Å². The number of methoxy groups -OCH3 is 2. The largest absolute Gasteiger partial charge is 0.496 e. The van der Waals surface area contributed by atoms with E-state index in [4.69, 9.17) is 14.2 Å². The molecule has 2 aromatic carbocycles. The molecule has 1 amide bonds. The molecule has 0 bridgehead atoms. The van der Waals surface area contributed by atoms with Crippen molar-refractivity contribution in [2.45, 2.75) is 13.3 Å². The van der Waals surface area contributed by atoms with Gasteiger partial charge in [-0.05, 0) is 43.7 Å². The zero-order chi connectivity index (χ0) is 20.8. The van der Waals surface area contributed by atoms with Crippen LogP contribution in [0.5, 0.6) is 17.2 Å². The first-order valence-electron chi connectivity index (χ1n) is 9.36. The molecule has 3 aromatic rings. The summed E-state index contributed by atoms with van der Waals surface area (Å²) in [6.45, 7) is 2.65. The number of hydrogen-bond acceptors (Lipinski definition) is 5. The molecular formula is C22H24N2O5. The maximum atomic E-state index is 12.5. The van der Waals surface area contributed by atoms with Crippen molar-refractivity contribution in [3.05, 3.63) is 63.9 Å². The van der Waals surface area contributed by atoms with Gasteiger partial charge in [0, 0.05) is 17.5 Å². The normalized spacial score (nSPS) is 10.6. The minimum Gasteiger partial charge on any atom is -0.496 e. The zero-order valence-corrected chi connectivity index (χ0v) is 16.7. The molecular weight excluding hydrogens is 372 g/mol. The van der Waals surface area contributed by atoms with E-state index in [2.05, 4.69) is 10.3 Å². The van der Waals surface area contributed by atoms with Crippen LogP contribution in [-0.4, -0.2) is 38.3 Å². The van der Waals surface area contributed by atoms with E-state index in [9.17, 15) is 9.59 Å². The Balaban J connectivity index is 1.78. The number of hydrogen-bond donors (Lipinski definition) is 2. The summed E-state index contributed by atoms with van der Waals surface area (Å²) in [6, 6.07) is 12.4. The van der Waals surface area contributed by atoms with Crippen LogP contribution in [0.4, 0.5) is 0 Å². The summed E-state index contributed by atoms with van der Waals surface area (Å²) in [6.07, 6.45) is 0.369. The van der Waals surface area contributed by atoms with E-state index in [0.29, 0.717) is 53.5 Å². The Morgan fingerprint density at radius 1 is 1.03 bits per heavy atom. The summed E-state index contributed by atoms with van der Waals surface area (Å²) in [5.74, 6) is 1.48. The number of nitrogens with one attached hydrogen (secondary N) is 2. The monoisotopic (exact) mass is 396 g/mol. The molecule has 0 aliphatic rings. The third kappa shape index (κ3) is 4.34. The molecule has 0 unspecified atom stereocenters. The second-order valence-electron chi connectivity index (χ2n) is 6.32. The molecule has 0 saturated heterocycles. The smallest absolute Gasteiger partial charge is 0.255 e. The van der Waals surface area contributed by atoms with Gasteiger partial charge in [0.15, 0.2) is 0 Å². The molecule has 0 fully saturated rings. The van der Waals surface area contributed by atoms with Crippen molar-refractivity contribution in [3.8, 4) is 17.2 Å².